The van der Waals surface area contributed by atoms with E-state index < -0.39 is 35.0 Å². The van der Waals surface area contributed by atoms with Gasteiger partial charge < -0.3 is 29.1 Å². The molecule has 0 saturated carbocycles. The summed E-state index contributed by atoms with van der Waals surface area (Å²) >= 11 is 0. The molecule has 3 fully saturated rings. The summed E-state index contributed by atoms with van der Waals surface area (Å²) in [5, 5.41) is 9.82. The minimum Gasteiger partial charge on any atom is -0.497 e. The van der Waals surface area contributed by atoms with Crippen molar-refractivity contribution in [3.05, 3.63) is 49.6 Å². The third-order valence-electron chi connectivity index (χ3n) is 8.17. The number of nitrogens with zero attached hydrogens (tertiary/aromatic N) is 2. The molecule has 37 heavy (non-hydrogen) atoms. The number of β-amino-alcohol motifs (C(OH)–C–C–N with tert-alkyl or cyclic N) is 1. The molecule has 1 aromatic rings. The summed E-state index contributed by atoms with van der Waals surface area (Å²) in [5.74, 6) is -2.44. The van der Waals surface area contributed by atoms with Crippen LogP contribution in [-0.4, -0.2) is 78.4 Å². The molecule has 1 spiro atoms. The molecule has 3 aliphatic rings. The minimum atomic E-state index is -1.22. The van der Waals surface area contributed by atoms with Crippen LogP contribution < -0.4 is 9.64 Å². The highest BCUT2D eigenvalue weighted by Crippen LogP contribution is 2.65. The fourth-order valence-corrected chi connectivity index (χ4v) is 6.42. The van der Waals surface area contributed by atoms with Crippen molar-refractivity contribution in [1.82, 2.24) is 4.90 Å². The minimum absolute atomic E-state index is 0.0509. The molecule has 1 aromatic carbocycles. The van der Waals surface area contributed by atoms with Crippen LogP contribution in [0.15, 0.2) is 49.6 Å². The number of fused-ring (bicyclic) bond motifs is 1. The molecule has 3 aliphatic heterocycles. The molecule has 2 amide bonds. The Labute approximate surface area is 217 Å². The Morgan fingerprint density at radius 2 is 1.97 bits per heavy atom. The zero-order valence-electron chi connectivity index (χ0n) is 21.7. The van der Waals surface area contributed by atoms with Crippen molar-refractivity contribution < 1.29 is 33.7 Å². The number of benzene rings is 1. The molecule has 2 bridgehead atoms. The van der Waals surface area contributed by atoms with Crippen molar-refractivity contribution in [3.8, 4) is 5.75 Å². The highest BCUT2D eigenvalue weighted by atomic mass is 16.6. The van der Waals surface area contributed by atoms with Crippen molar-refractivity contribution in [2.45, 2.75) is 43.9 Å². The first-order valence-corrected chi connectivity index (χ1v) is 12.7. The second kappa shape index (κ2) is 10.3. The Morgan fingerprint density at radius 3 is 2.57 bits per heavy atom. The predicted octanol–water partition coefficient (Wildman–Crippen LogP) is 2.34. The van der Waals surface area contributed by atoms with Gasteiger partial charge in [-0.2, -0.15) is 0 Å². The van der Waals surface area contributed by atoms with E-state index in [1.165, 1.54) is 4.90 Å². The highest BCUT2D eigenvalue weighted by Gasteiger charge is 2.80. The van der Waals surface area contributed by atoms with E-state index in [1.54, 1.807) is 48.4 Å². The van der Waals surface area contributed by atoms with Crippen molar-refractivity contribution >= 4 is 23.5 Å². The quantitative estimate of drug-likeness (QED) is 0.276. The molecule has 0 radical (unpaired) electrons. The number of anilines is 1. The topological polar surface area (TPSA) is 106 Å². The standard InChI is InChI=1S/C28H36N2O7/c1-6-8-16-36-26(34)22-21-24(32)30(14-15-31)23(28(21)17-18(3)27(22,4)37-28)25(33)29(13-7-2)19-9-11-20(35-5)12-10-19/h6-7,9-12,18,21-23,31H,1-2,8,13-17H2,3-5H3/t18?,21-,22-,23?,27+,28?/m0/s1. The average molecular weight is 513 g/mol. The third-order valence-corrected chi connectivity index (χ3v) is 8.17. The molecule has 0 aliphatic carbocycles. The lowest BCUT2D eigenvalue weighted by atomic mass is 9.62. The normalized spacial score (nSPS) is 31.7. The van der Waals surface area contributed by atoms with Gasteiger partial charge in [0.1, 0.15) is 23.3 Å². The van der Waals surface area contributed by atoms with Gasteiger partial charge in [0.05, 0.1) is 31.8 Å². The summed E-state index contributed by atoms with van der Waals surface area (Å²) in [5.41, 5.74) is -1.57. The van der Waals surface area contributed by atoms with Crippen LogP contribution in [0, 0.1) is 17.8 Å². The fourth-order valence-electron chi connectivity index (χ4n) is 6.42. The Morgan fingerprint density at radius 1 is 1.27 bits per heavy atom. The van der Waals surface area contributed by atoms with Gasteiger partial charge in [-0.05, 0) is 49.9 Å². The highest BCUT2D eigenvalue weighted by molar-refractivity contribution is 6.04. The number of carbonyl (C=O) groups is 3. The van der Waals surface area contributed by atoms with E-state index in [9.17, 15) is 19.5 Å². The van der Waals surface area contributed by atoms with Crippen LogP contribution >= 0.6 is 0 Å². The SMILES string of the molecule is C=CCCOC(=O)[C@@H]1[C@H]2C(=O)N(CCO)C(C(=O)N(CC=C)c3ccc(OC)cc3)C23CC(C)[C@@]1(C)O3. The first-order chi connectivity index (χ1) is 17.7. The fraction of sp³-hybridized carbons (Fsp3) is 0.536. The molecule has 4 rings (SSSR count). The maximum absolute atomic E-state index is 14.3. The van der Waals surface area contributed by atoms with Crippen LogP contribution in [0.3, 0.4) is 0 Å². The van der Waals surface area contributed by atoms with Gasteiger partial charge in [-0.25, -0.2) is 0 Å². The summed E-state index contributed by atoms with van der Waals surface area (Å²) in [4.78, 5) is 44.4. The van der Waals surface area contributed by atoms with Gasteiger partial charge in [-0.1, -0.05) is 19.1 Å². The Kier molecular flexibility index (Phi) is 7.48. The molecule has 1 N–H and O–H groups in total. The number of rotatable bonds is 11. The second-order valence-electron chi connectivity index (χ2n) is 10.1. The number of amides is 2. The zero-order valence-corrected chi connectivity index (χ0v) is 21.7. The van der Waals surface area contributed by atoms with Gasteiger partial charge in [-0.15, -0.1) is 13.2 Å². The number of hydrogen-bond acceptors (Lipinski definition) is 7. The predicted molar refractivity (Wildman–Crippen MR) is 137 cm³/mol. The third kappa shape index (κ3) is 4.14. The molecule has 9 nitrogen and oxygen atoms in total. The number of aliphatic hydroxyl groups excluding tert-OH is 1. The Bertz CT molecular complexity index is 1070. The molecule has 0 aromatic heterocycles. The summed E-state index contributed by atoms with van der Waals surface area (Å²) in [6.07, 6.45) is 4.19. The van der Waals surface area contributed by atoms with E-state index in [0.717, 1.165) is 0 Å². The maximum Gasteiger partial charge on any atom is 0.312 e. The molecular formula is C28H36N2O7. The average Bonchev–Trinajstić information content (AvgIpc) is 3.39. The molecule has 3 unspecified atom stereocenters. The first kappa shape index (κ1) is 26.9. The van der Waals surface area contributed by atoms with E-state index in [4.69, 9.17) is 14.2 Å². The summed E-state index contributed by atoms with van der Waals surface area (Å²) in [7, 11) is 1.56. The van der Waals surface area contributed by atoms with Crippen LogP contribution in [0.5, 0.6) is 5.75 Å². The summed E-state index contributed by atoms with van der Waals surface area (Å²) in [6, 6.07) is 6.01. The monoisotopic (exact) mass is 512 g/mol. The number of aliphatic hydroxyl groups is 1. The first-order valence-electron chi connectivity index (χ1n) is 12.7. The van der Waals surface area contributed by atoms with E-state index in [-0.39, 0.29) is 44.0 Å². The molecule has 3 heterocycles. The molecule has 6 atom stereocenters. The van der Waals surface area contributed by atoms with E-state index >= 15 is 0 Å². The maximum atomic E-state index is 14.3. The molecule has 200 valence electrons. The van der Waals surface area contributed by atoms with Gasteiger partial charge >= 0.3 is 5.97 Å². The number of methoxy groups -OCH3 is 1. The lowest BCUT2D eigenvalue weighted by Crippen LogP contribution is -2.57. The van der Waals surface area contributed by atoms with Crippen molar-refractivity contribution in [3.63, 3.8) is 0 Å². The van der Waals surface area contributed by atoms with E-state index in [1.807, 2.05) is 13.8 Å². The summed E-state index contributed by atoms with van der Waals surface area (Å²) < 4.78 is 17.4. The smallest absolute Gasteiger partial charge is 0.312 e. The van der Waals surface area contributed by atoms with Crippen LogP contribution in [0.2, 0.25) is 0 Å². The number of ether oxygens (including phenoxy) is 3. The van der Waals surface area contributed by atoms with Crippen LogP contribution in [0.1, 0.15) is 26.7 Å². The molecular weight excluding hydrogens is 476 g/mol. The van der Waals surface area contributed by atoms with Gasteiger partial charge in [0.25, 0.3) is 5.91 Å². The van der Waals surface area contributed by atoms with Gasteiger partial charge in [-0.3, -0.25) is 14.4 Å². The molecule has 3 saturated heterocycles. The van der Waals surface area contributed by atoms with Crippen molar-refractivity contribution in [2.75, 3.05) is 38.3 Å². The largest absolute Gasteiger partial charge is 0.497 e. The van der Waals surface area contributed by atoms with Gasteiger partial charge in [0.15, 0.2) is 0 Å². The zero-order chi connectivity index (χ0) is 27.0. The molecule has 9 heteroatoms. The lowest BCUT2D eigenvalue weighted by molar-refractivity contribution is -0.161. The number of hydrogen-bond donors (Lipinski definition) is 1. The van der Waals surface area contributed by atoms with Crippen LogP contribution in [0.4, 0.5) is 5.69 Å². The van der Waals surface area contributed by atoms with Crippen molar-refractivity contribution in [2.24, 2.45) is 17.8 Å². The Hall–Kier alpha value is -3.17. The van der Waals surface area contributed by atoms with Crippen molar-refractivity contribution in [1.29, 1.82) is 0 Å². The van der Waals surface area contributed by atoms with Gasteiger partial charge in [0, 0.05) is 18.8 Å². The van der Waals surface area contributed by atoms with Gasteiger partial charge in [0.2, 0.25) is 5.91 Å². The van der Waals surface area contributed by atoms with E-state index in [2.05, 4.69) is 13.2 Å². The number of carbonyl (C=O) groups excluding carboxylic acids is 3. The summed E-state index contributed by atoms with van der Waals surface area (Å²) in [6.45, 7) is 11.2. The second-order valence-corrected chi connectivity index (χ2v) is 10.1. The van der Waals surface area contributed by atoms with E-state index in [0.29, 0.717) is 24.3 Å². The van der Waals surface area contributed by atoms with Crippen LogP contribution in [-0.2, 0) is 23.9 Å². The Balaban J connectivity index is 1.76. The van der Waals surface area contributed by atoms with Crippen LogP contribution in [0.25, 0.3) is 0 Å². The number of esters is 1. The lowest BCUT2D eigenvalue weighted by Gasteiger charge is -2.37. The number of likely N-dealkylation sites (tertiary alicyclic amines) is 1.